The standard InChI is InChI=1S/C17H16ClN5O4S/c1-4-27-15-13(25-2)12(14(24)21-16-22-23-17(26-3)28-16)10(8-20-15)9-5-6-19-11(18)7-9/h5-8H,4H2,1-3H3,(H,21,22,24). The summed E-state index contributed by atoms with van der Waals surface area (Å²) in [7, 11) is 2.91. The summed E-state index contributed by atoms with van der Waals surface area (Å²) in [5, 5.41) is 11.3. The molecule has 1 amide bonds. The SMILES string of the molecule is CCOc1ncc(-c2ccnc(Cl)c2)c(C(=O)Nc2nnc(OC)s2)c1OC. The van der Waals surface area contributed by atoms with Crippen LogP contribution in [0.1, 0.15) is 17.3 Å². The van der Waals surface area contributed by atoms with Gasteiger partial charge in [0.1, 0.15) is 5.15 Å². The van der Waals surface area contributed by atoms with Crippen molar-refractivity contribution >= 4 is 34.0 Å². The Morgan fingerprint density at radius 1 is 1.25 bits per heavy atom. The number of pyridine rings is 2. The van der Waals surface area contributed by atoms with E-state index >= 15 is 0 Å². The van der Waals surface area contributed by atoms with Crippen molar-refractivity contribution in [3.05, 3.63) is 35.2 Å². The summed E-state index contributed by atoms with van der Waals surface area (Å²) in [6.07, 6.45) is 3.06. The first-order chi connectivity index (χ1) is 13.6. The van der Waals surface area contributed by atoms with Crippen molar-refractivity contribution in [2.75, 3.05) is 26.1 Å². The van der Waals surface area contributed by atoms with Crippen molar-refractivity contribution in [1.29, 1.82) is 0 Å². The summed E-state index contributed by atoms with van der Waals surface area (Å²) >= 11 is 7.10. The van der Waals surface area contributed by atoms with Gasteiger partial charge in [-0.25, -0.2) is 9.97 Å². The third-order valence-electron chi connectivity index (χ3n) is 3.55. The van der Waals surface area contributed by atoms with E-state index in [1.807, 2.05) is 6.92 Å². The number of nitrogens with zero attached hydrogens (tertiary/aromatic N) is 4. The molecule has 0 aliphatic heterocycles. The summed E-state index contributed by atoms with van der Waals surface area (Å²) in [5.41, 5.74) is 1.37. The Balaban J connectivity index is 2.11. The number of hydrogen-bond acceptors (Lipinski definition) is 9. The van der Waals surface area contributed by atoms with Crippen molar-refractivity contribution in [3.8, 4) is 28.0 Å². The number of nitrogens with one attached hydrogen (secondary N) is 1. The number of carbonyl (C=O) groups is 1. The highest BCUT2D eigenvalue weighted by atomic mass is 35.5. The van der Waals surface area contributed by atoms with Crippen molar-refractivity contribution in [2.24, 2.45) is 0 Å². The molecule has 1 N–H and O–H groups in total. The third-order valence-corrected chi connectivity index (χ3v) is 4.56. The van der Waals surface area contributed by atoms with E-state index in [0.717, 1.165) is 11.3 Å². The summed E-state index contributed by atoms with van der Waals surface area (Å²) in [6, 6.07) is 3.34. The predicted molar refractivity (Wildman–Crippen MR) is 105 cm³/mol. The molecule has 3 aromatic rings. The molecule has 0 bridgehead atoms. The number of carbonyl (C=O) groups excluding carboxylic acids is 1. The van der Waals surface area contributed by atoms with E-state index in [9.17, 15) is 4.79 Å². The average molecular weight is 422 g/mol. The fraction of sp³-hybridized carbons (Fsp3) is 0.235. The number of ether oxygens (including phenoxy) is 3. The van der Waals surface area contributed by atoms with E-state index in [0.29, 0.717) is 22.9 Å². The molecular formula is C17H16ClN5O4S. The molecule has 0 aliphatic carbocycles. The van der Waals surface area contributed by atoms with Crippen LogP contribution < -0.4 is 19.5 Å². The first-order valence-corrected chi connectivity index (χ1v) is 9.27. The predicted octanol–water partition coefficient (Wildman–Crippen LogP) is 3.32. The minimum Gasteiger partial charge on any atom is -0.491 e. The highest BCUT2D eigenvalue weighted by Crippen LogP contribution is 2.37. The largest absolute Gasteiger partial charge is 0.491 e. The van der Waals surface area contributed by atoms with Gasteiger partial charge < -0.3 is 14.2 Å². The van der Waals surface area contributed by atoms with Crippen LogP contribution in [-0.2, 0) is 0 Å². The van der Waals surface area contributed by atoms with Crippen LogP contribution >= 0.6 is 22.9 Å². The molecule has 0 aromatic carbocycles. The van der Waals surface area contributed by atoms with Crippen LogP contribution in [0.25, 0.3) is 11.1 Å². The molecule has 3 aromatic heterocycles. The van der Waals surface area contributed by atoms with E-state index in [4.69, 9.17) is 25.8 Å². The maximum absolute atomic E-state index is 13.1. The molecule has 0 saturated carbocycles. The first-order valence-electron chi connectivity index (χ1n) is 8.07. The zero-order chi connectivity index (χ0) is 20.1. The number of methoxy groups -OCH3 is 2. The Bertz CT molecular complexity index is 997. The van der Waals surface area contributed by atoms with Crippen LogP contribution in [0.4, 0.5) is 5.13 Å². The van der Waals surface area contributed by atoms with E-state index < -0.39 is 5.91 Å². The van der Waals surface area contributed by atoms with Gasteiger partial charge in [0.15, 0.2) is 5.75 Å². The Kier molecular flexibility index (Phi) is 6.22. The van der Waals surface area contributed by atoms with Crippen LogP contribution in [-0.4, -0.2) is 46.9 Å². The normalized spacial score (nSPS) is 10.4. The van der Waals surface area contributed by atoms with Crippen molar-refractivity contribution in [2.45, 2.75) is 6.92 Å². The van der Waals surface area contributed by atoms with Gasteiger partial charge in [-0.05, 0) is 36.0 Å². The number of rotatable bonds is 7. The second-order valence-electron chi connectivity index (χ2n) is 5.22. The molecule has 0 spiro atoms. The van der Waals surface area contributed by atoms with Gasteiger partial charge in [-0.2, -0.15) is 0 Å². The number of amides is 1. The first kappa shape index (κ1) is 19.8. The molecule has 3 rings (SSSR count). The molecule has 9 nitrogen and oxygen atoms in total. The lowest BCUT2D eigenvalue weighted by Gasteiger charge is -2.16. The molecule has 0 saturated heterocycles. The van der Waals surface area contributed by atoms with Gasteiger partial charge in [0.05, 0.1) is 26.4 Å². The third kappa shape index (κ3) is 4.12. The van der Waals surface area contributed by atoms with Crippen LogP contribution in [0, 0.1) is 0 Å². The minimum atomic E-state index is -0.470. The van der Waals surface area contributed by atoms with Crippen LogP contribution in [0.3, 0.4) is 0 Å². The van der Waals surface area contributed by atoms with Crippen molar-refractivity contribution < 1.29 is 19.0 Å². The van der Waals surface area contributed by atoms with Crippen LogP contribution in [0.5, 0.6) is 16.8 Å². The monoisotopic (exact) mass is 421 g/mol. The van der Waals surface area contributed by atoms with Gasteiger partial charge in [-0.3, -0.25) is 10.1 Å². The smallest absolute Gasteiger partial charge is 0.295 e. The fourth-order valence-electron chi connectivity index (χ4n) is 2.42. The van der Waals surface area contributed by atoms with Gasteiger partial charge in [0.25, 0.3) is 17.0 Å². The number of hydrogen-bond donors (Lipinski definition) is 1. The molecule has 0 unspecified atom stereocenters. The van der Waals surface area contributed by atoms with Gasteiger partial charge in [0, 0.05) is 18.0 Å². The summed E-state index contributed by atoms with van der Waals surface area (Å²) in [6.45, 7) is 2.17. The van der Waals surface area contributed by atoms with Crippen LogP contribution in [0.15, 0.2) is 24.5 Å². The molecule has 0 radical (unpaired) electrons. The molecular weight excluding hydrogens is 406 g/mol. The molecule has 146 valence electrons. The highest BCUT2D eigenvalue weighted by molar-refractivity contribution is 7.17. The Morgan fingerprint density at radius 3 is 2.71 bits per heavy atom. The topological polar surface area (TPSA) is 108 Å². The number of anilines is 1. The molecule has 0 atom stereocenters. The van der Waals surface area contributed by atoms with E-state index in [1.54, 1.807) is 12.1 Å². The van der Waals surface area contributed by atoms with Crippen LogP contribution in [0.2, 0.25) is 5.15 Å². The lowest BCUT2D eigenvalue weighted by molar-refractivity contribution is 0.102. The second-order valence-corrected chi connectivity index (χ2v) is 6.54. The zero-order valence-corrected chi connectivity index (χ0v) is 16.8. The van der Waals surface area contributed by atoms with Gasteiger partial charge >= 0.3 is 0 Å². The van der Waals surface area contributed by atoms with E-state index in [1.165, 1.54) is 26.6 Å². The Hall–Kier alpha value is -2.98. The molecule has 0 fully saturated rings. The minimum absolute atomic E-state index is 0.196. The number of halogens is 1. The lowest BCUT2D eigenvalue weighted by Crippen LogP contribution is -2.16. The Labute approximate surface area is 169 Å². The van der Waals surface area contributed by atoms with E-state index in [-0.39, 0.29) is 27.5 Å². The Morgan fingerprint density at radius 2 is 2.07 bits per heavy atom. The maximum atomic E-state index is 13.1. The highest BCUT2D eigenvalue weighted by Gasteiger charge is 2.25. The maximum Gasteiger partial charge on any atom is 0.295 e. The fourth-order valence-corrected chi connectivity index (χ4v) is 3.15. The molecule has 11 heteroatoms. The van der Waals surface area contributed by atoms with Crippen molar-refractivity contribution in [1.82, 2.24) is 20.2 Å². The van der Waals surface area contributed by atoms with Gasteiger partial charge in [-0.15, -0.1) is 5.10 Å². The summed E-state index contributed by atoms with van der Waals surface area (Å²) in [5.74, 6) is -0.0721. The summed E-state index contributed by atoms with van der Waals surface area (Å²) < 4.78 is 16.0. The second kappa shape index (κ2) is 8.81. The molecule has 28 heavy (non-hydrogen) atoms. The molecule has 0 aliphatic rings. The average Bonchev–Trinajstić information content (AvgIpc) is 3.15. The van der Waals surface area contributed by atoms with Gasteiger partial charge in [0.2, 0.25) is 5.13 Å². The quantitative estimate of drug-likeness (QED) is 0.579. The van der Waals surface area contributed by atoms with Crippen molar-refractivity contribution in [3.63, 3.8) is 0 Å². The number of aromatic nitrogens is 4. The summed E-state index contributed by atoms with van der Waals surface area (Å²) in [4.78, 5) is 21.3. The molecule has 3 heterocycles. The lowest BCUT2D eigenvalue weighted by atomic mass is 10.0. The van der Waals surface area contributed by atoms with Gasteiger partial charge in [-0.1, -0.05) is 16.7 Å². The zero-order valence-electron chi connectivity index (χ0n) is 15.2. The van der Waals surface area contributed by atoms with E-state index in [2.05, 4.69) is 25.5 Å².